The van der Waals surface area contributed by atoms with Gasteiger partial charge in [-0.2, -0.15) is 13.1 Å². The summed E-state index contributed by atoms with van der Waals surface area (Å²) in [4.78, 5) is 0. The zero-order chi connectivity index (χ0) is 24.4. The quantitative estimate of drug-likeness (QED) is 0.243. The largest absolute Gasteiger partial charge is 0.494 e. The number of hydrogen-bond acceptors (Lipinski definition) is 5. The Hall–Kier alpha value is -1.48. The lowest BCUT2D eigenvalue weighted by molar-refractivity contribution is 0.229. The average Bonchev–Trinajstić information content (AvgIpc) is 3.08. The van der Waals surface area contributed by atoms with Gasteiger partial charge in [-0.1, -0.05) is 0 Å². The van der Waals surface area contributed by atoms with Gasteiger partial charge in [-0.25, -0.2) is 13.2 Å². The number of methoxy groups -OCH3 is 1. The van der Waals surface area contributed by atoms with E-state index in [0.717, 1.165) is 7.11 Å². The summed E-state index contributed by atoms with van der Waals surface area (Å²) in [6.07, 6.45) is 1.32. The van der Waals surface area contributed by atoms with E-state index in [1.165, 1.54) is 18.2 Å². The number of aliphatic hydroxyl groups is 1. The van der Waals surface area contributed by atoms with Crippen molar-refractivity contribution < 1.29 is 31.4 Å². The maximum absolute atomic E-state index is 14.8. The molecule has 2 unspecified atom stereocenters. The second-order valence-electron chi connectivity index (χ2n) is 7.68. The highest BCUT2D eigenvalue weighted by molar-refractivity contribution is 14.1. The Morgan fingerprint density at radius 1 is 1.24 bits per heavy atom. The fourth-order valence-electron chi connectivity index (χ4n) is 3.80. The van der Waals surface area contributed by atoms with Gasteiger partial charge in [0.1, 0.15) is 22.9 Å². The maximum Gasteiger partial charge on any atom is 0.299 e. The van der Waals surface area contributed by atoms with Gasteiger partial charge in [0.25, 0.3) is 10.2 Å². The standard InChI is InChI=1S/C20H22ClF3IN3O4S/c1-32-16-9-14(23)17(24)19(26-15-3-2-12(25)8-13(15)22)18(16)27-33(30,31)28-20(6-7-29)5-4-11(21)10-20/h2-3,8-9,11,26-29H,4-7,10H2,1H3. The maximum atomic E-state index is 14.8. The highest BCUT2D eigenvalue weighted by Crippen LogP contribution is 2.41. The zero-order valence-corrected chi connectivity index (χ0v) is 21.1. The van der Waals surface area contributed by atoms with Gasteiger partial charge in [0.15, 0.2) is 11.6 Å². The summed E-state index contributed by atoms with van der Waals surface area (Å²) in [5.41, 5.74) is -2.32. The molecule has 3 rings (SSSR count). The first-order valence-electron chi connectivity index (χ1n) is 9.84. The minimum Gasteiger partial charge on any atom is -0.494 e. The number of nitrogens with one attached hydrogen (secondary N) is 3. The molecule has 0 radical (unpaired) electrons. The summed E-state index contributed by atoms with van der Waals surface area (Å²) in [7, 11) is -3.24. The first-order chi connectivity index (χ1) is 15.5. The summed E-state index contributed by atoms with van der Waals surface area (Å²) in [6.45, 7) is -0.278. The Morgan fingerprint density at radius 3 is 2.55 bits per heavy atom. The predicted octanol–water partition coefficient (Wildman–Crippen LogP) is 4.62. The average molecular weight is 620 g/mol. The highest BCUT2D eigenvalue weighted by atomic mass is 127. The summed E-state index contributed by atoms with van der Waals surface area (Å²) in [5, 5.41) is 11.6. The summed E-state index contributed by atoms with van der Waals surface area (Å²) >= 11 is 8.04. The molecule has 33 heavy (non-hydrogen) atoms. The van der Waals surface area contributed by atoms with E-state index in [9.17, 15) is 26.7 Å². The summed E-state index contributed by atoms with van der Waals surface area (Å²) in [6, 6.07) is 4.69. The Balaban J connectivity index is 2.01. The van der Waals surface area contributed by atoms with E-state index in [0.29, 0.717) is 22.5 Å². The molecule has 0 heterocycles. The van der Waals surface area contributed by atoms with Crippen LogP contribution in [0.15, 0.2) is 24.3 Å². The second kappa shape index (κ2) is 10.4. The Labute approximate surface area is 208 Å². The summed E-state index contributed by atoms with van der Waals surface area (Å²) in [5.74, 6) is -3.84. The normalized spacial score (nSPS) is 20.6. The molecule has 0 amide bonds. The van der Waals surface area contributed by atoms with Crippen LogP contribution in [-0.2, 0) is 10.2 Å². The predicted molar refractivity (Wildman–Crippen MR) is 129 cm³/mol. The topological polar surface area (TPSA) is 99.7 Å². The lowest BCUT2D eigenvalue weighted by Crippen LogP contribution is -2.49. The molecule has 1 saturated carbocycles. The first-order valence-corrected chi connectivity index (χ1v) is 12.8. The monoisotopic (exact) mass is 619 g/mol. The van der Waals surface area contributed by atoms with Gasteiger partial charge in [0.2, 0.25) is 0 Å². The van der Waals surface area contributed by atoms with E-state index in [-0.39, 0.29) is 36.3 Å². The third-order valence-electron chi connectivity index (χ3n) is 5.32. The van der Waals surface area contributed by atoms with Gasteiger partial charge in [0, 0.05) is 27.2 Å². The molecule has 182 valence electrons. The molecule has 0 bridgehead atoms. The third-order valence-corrected chi connectivity index (χ3v) is 7.54. The minimum atomic E-state index is -4.39. The fraction of sp³-hybridized carbons (Fsp3) is 0.400. The van der Waals surface area contributed by atoms with Crippen molar-refractivity contribution in [2.75, 3.05) is 23.8 Å². The van der Waals surface area contributed by atoms with E-state index < -0.39 is 44.6 Å². The van der Waals surface area contributed by atoms with Crippen LogP contribution in [0.4, 0.5) is 30.2 Å². The van der Waals surface area contributed by atoms with Crippen molar-refractivity contribution in [3.8, 4) is 5.75 Å². The number of hydrogen-bond donors (Lipinski definition) is 4. The van der Waals surface area contributed by atoms with E-state index in [4.69, 9.17) is 16.3 Å². The molecule has 2 aromatic carbocycles. The van der Waals surface area contributed by atoms with Crippen molar-refractivity contribution in [1.82, 2.24) is 4.72 Å². The van der Waals surface area contributed by atoms with Gasteiger partial charge in [-0.05, 0) is 66.5 Å². The molecular formula is C20H22ClF3IN3O4S. The number of aliphatic hydroxyl groups excluding tert-OH is 1. The molecule has 4 N–H and O–H groups in total. The van der Waals surface area contributed by atoms with Crippen molar-refractivity contribution in [2.45, 2.75) is 36.6 Å². The minimum absolute atomic E-state index is 0.116. The van der Waals surface area contributed by atoms with Crippen LogP contribution in [-0.4, -0.2) is 38.2 Å². The van der Waals surface area contributed by atoms with E-state index in [1.54, 1.807) is 0 Å². The van der Waals surface area contributed by atoms with E-state index in [1.807, 2.05) is 22.6 Å². The Bertz CT molecular complexity index is 1140. The highest BCUT2D eigenvalue weighted by Gasteiger charge is 2.41. The zero-order valence-electron chi connectivity index (χ0n) is 17.4. The van der Waals surface area contributed by atoms with Gasteiger partial charge in [0.05, 0.1) is 12.8 Å². The van der Waals surface area contributed by atoms with Gasteiger partial charge in [-0.15, -0.1) is 11.6 Å². The van der Waals surface area contributed by atoms with Crippen LogP contribution < -0.4 is 19.5 Å². The molecule has 0 aromatic heterocycles. The van der Waals surface area contributed by atoms with Gasteiger partial charge >= 0.3 is 0 Å². The molecule has 7 nitrogen and oxygen atoms in total. The van der Waals surface area contributed by atoms with Crippen LogP contribution >= 0.6 is 34.2 Å². The number of anilines is 3. The van der Waals surface area contributed by atoms with E-state index in [2.05, 4.69) is 14.8 Å². The van der Waals surface area contributed by atoms with E-state index >= 15 is 0 Å². The molecule has 2 atom stereocenters. The van der Waals surface area contributed by atoms with Gasteiger partial charge in [-0.3, -0.25) is 4.72 Å². The molecular weight excluding hydrogens is 598 g/mol. The van der Waals surface area contributed by atoms with Crippen LogP contribution in [0, 0.1) is 21.0 Å². The lowest BCUT2D eigenvalue weighted by atomic mass is 9.95. The number of benzene rings is 2. The molecule has 0 spiro atoms. The van der Waals surface area contributed by atoms with Crippen molar-refractivity contribution in [2.24, 2.45) is 0 Å². The number of rotatable bonds is 9. The molecule has 2 aromatic rings. The smallest absolute Gasteiger partial charge is 0.299 e. The van der Waals surface area contributed by atoms with Crippen LogP contribution in [0.3, 0.4) is 0 Å². The molecule has 1 fully saturated rings. The molecule has 0 aliphatic heterocycles. The van der Waals surface area contributed by atoms with Crippen molar-refractivity contribution in [1.29, 1.82) is 0 Å². The summed E-state index contributed by atoms with van der Waals surface area (Å²) < 4.78 is 79.6. The fourth-order valence-corrected chi connectivity index (χ4v) is 6.04. The molecule has 0 saturated heterocycles. The van der Waals surface area contributed by atoms with Gasteiger partial charge < -0.3 is 15.2 Å². The van der Waals surface area contributed by atoms with Crippen LogP contribution in [0.25, 0.3) is 0 Å². The van der Waals surface area contributed by atoms with Crippen LogP contribution in [0.2, 0.25) is 0 Å². The van der Waals surface area contributed by atoms with Crippen LogP contribution in [0.1, 0.15) is 25.7 Å². The van der Waals surface area contributed by atoms with Crippen molar-refractivity contribution in [3.63, 3.8) is 0 Å². The first kappa shape index (κ1) is 26.1. The molecule has 1 aliphatic carbocycles. The third kappa shape index (κ3) is 6.15. The molecule has 13 heteroatoms. The van der Waals surface area contributed by atoms with Crippen LogP contribution in [0.5, 0.6) is 5.75 Å². The Kier molecular flexibility index (Phi) is 8.25. The molecule has 1 aliphatic rings. The van der Waals surface area contributed by atoms with Crippen molar-refractivity contribution in [3.05, 3.63) is 45.3 Å². The second-order valence-corrected chi connectivity index (χ2v) is 11.0. The lowest BCUT2D eigenvalue weighted by Gasteiger charge is -2.30. The number of ether oxygens (including phenoxy) is 1. The number of halogens is 5. The SMILES string of the molecule is COc1cc(F)c(F)c(Nc2ccc(I)cc2F)c1NS(=O)(=O)NC1(CCO)CCC(Cl)C1. The Morgan fingerprint density at radius 2 is 1.97 bits per heavy atom. The van der Waals surface area contributed by atoms with Crippen molar-refractivity contribution >= 4 is 61.5 Å². The number of alkyl halides is 1.